The monoisotopic (exact) mass is 338 g/mol. The fourth-order valence-electron chi connectivity index (χ4n) is 3.70. The smallest absolute Gasteiger partial charge is 0.177 e. The summed E-state index contributed by atoms with van der Waals surface area (Å²) in [6, 6.07) is 4.16. The van der Waals surface area contributed by atoms with Crippen molar-refractivity contribution in [2.24, 2.45) is 7.05 Å². The molecule has 2 aliphatic rings. The fourth-order valence-corrected chi connectivity index (χ4v) is 3.70. The van der Waals surface area contributed by atoms with Gasteiger partial charge in [0, 0.05) is 25.4 Å². The zero-order valence-corrected chi connectivity index (χ0v) is 14.4. The first-order valence-electron chi connectivity index (χ1n) is 9.06. The highest BCUT2D eigenvalue weighted by Gasteiger charge is 2.28. The lowest BCUT2D eigenvalue weighted by atomic mass is 9.96. The van der Waals surface area contributed by atoms with Crippen LogP contribution >= 0.6 is 0 Å². The van der Waals surface area contributed by atoms with Crippen LogP contribution in [-0.4, -0.2) is 52.8 Å². The third-order valence-electron chi connectivity index (χ3n) is 5.45. The minimum atomic E-state index is 0.429. The van der Waals surface area contributed by atoms with Gasteiger partial charge in [-0.2, -0.15) is 9.61 Å². The molecule has 5 rings (SSSR count). The average molecular weight is 338 g/mol. The maximum Gasteiger partial charge on any atom is 0.177 e. The number of hydrogen-bond donors (Lipinski definition) is 0. The van der Waals surface area contributed by atoms with Crippen LogP contribution in [0.25, 0.3) is 5.65 Å². The number of fused-ring (bicyclic) bond motifs is 1. The van der Waals surface area contributed by atoms with Crippen molar-refractivity contribution in [2.75, 3.05) is 13.1 Å². The Labute approximate surface area is 145 Å². The molecule has 8 heteroatoms. The molecule has 4 heterocycles. The van der Waals surface area contributed by atoms with E-state index in [4.69, 9.17) is 5.10 Å². The van der Waals surface area contributed by atoms with Crippen molar-refractivity contribution in [3.8, 4) is 0 Å². The number of aryl methyl sites for hydroxylation is 1. The van der Waals surface area contributed by atoms with Crippen molar-refractivity contribution in [1.29, 1.82) is 0 Å². The third kappa shape index (κ3) is 2.80. The van der Waals surface area contributed by atoms with Crippen LogP contribution in [0.5, 0.6) is 0 Å². The van der Waals surface area contributed by atoms with E-state index in [0.29, 0.717) is 11.8 Å². The average Bonchev–Trinajstić information content (AvgIpc) is 3.29. The molecule has 1 saturated carbocycles. The van der Waals surface area contributed by atoms with Crippen LogP contribution in [0.4, 0.5) is 0 Å². The van der Waals surface area contributed by atoms with Gasteiger partial charge in [0.1, 0.15) is 0 Å². The van der Waals surface area contributed by atoms with E-state index in [1.165, 1.54) is 18.5 Å². The van der Waals surface area contributed by atoms with Gasteiger partial charge in [0.15, 0.2) is 11.5 Å². The van der Waals surface area contributed by atoms with E-state index < -0.39 is 0 Å². The zero-order chi connectivity index (χ0) is 16.8. The fraction of sp³-hybridized carbons (Fsp3) is 0.588. The minimum Gasteiger partial charge on any atom is -0.297 e. The molecule has 1 aliphatic heterocycles. The molecular weight excluding hydrogens is 316 g/mol. The molecule has 0 spiro atoms. The predicted molar refractivity (Wildman–Crippen MR) is 91.0 cm³/mol. The van der Waals surface area contributed by atoms with Gasteiger partial charge in [-0.3, -0.25) is 9.58 Å². The van der Waals surface area contributed by atoms with Gasteiger partial charge in [0.05, 0.1) is 17.6 Å². The molecule has 0 unspecified atom stereocenters. The molecular formula is C17H22N8. The maximum absolute atomic E-state index is 4.82. The number of rotatable bonds is 4. The van der Waals surface area contributed by atoms with E-state index >= 15 is 0 Å². The highest BCUT2D eigenvalue weighted by Crippen LogP contribution is 2.39. The van der Waals surface area contributed by atoms with Crippen molar-refractivity contribution >= 4 is 5.65 Å². The Hall–Kier alpha value is -2.35. The van der Waals surface area contributed by atoms with Crippen molar-refractivity contribution in [3.63, 3.8) is 0 Å². The van der Waals surface area contributed by atoms with Crippen LogP contribution in [-0.2, 0) is 13.6 Å². The van der Waals surface area contributed by atoms with Gasteiger partial charge >= 0.3 is 0 Å². The number of likely N-dealkylation sites (tertiary alicyclic amines) is 1. The summed E-state index contributed by atoms with van der Waals surface area (Å²) in [6.45, 7) is 3.00. The molecule has 25 heavy (non-hydrogen) atoms. The first-order valence-corrected chi connectivity index (χ1v) is 9.06. The summed E-state index contributed by atoms with van der Waals surface area (Å²) in [5.41, 5.74) is 3.21. The number of hydrogen-bond acceptors (Lipinski definition) is 6. The lowest BCUT2D eigenvalue weighted by Crippen LogP contribution is -2.33. The molecule has 1 saturated heterocycles. The molecule has 0 radical (unpaired) electrons. The summed E-state index contributed by atoms with van der Waals surface area (Å²) in [4.78, 5) is 2.46. The number of nitrogens with zero attached hydrogens (tertiary/aromatic N) is 8. The van der Waals surface area contributed by atoms with Crippen LogP contribution in [0.3, 0.4) is 0 Å². The minimum absolute atomic E-state index is 0.429. The topological polar surface area (TPSA) is 77.0 Å². The SMILES string of the molecule is Cn1nncc1CN1CCC(c2nnc3ccc(C4CC4)nn23)CC1. The summed E-state index contributed by atoms with van der Waals surface area (Å²) < 4.78 is 3.83. The van der Waals surface area contributed by atoms with Crippen molar-refractivity contribution in [2.45, 2.75) is 44.1 Å². The standard InChI is InChI=1S/C17H22N8/c1-23-14(10-18-22-23)11-24-8-6-13(7-9-24)17-20-19-16-5-4-15(12-2-3-12)21-25(16)17/h4-5,10,12-13H,2-3,6-9,11H2,1H3. The lowest BCUT2D eigenvalue weighted by Gasteiger charge is -2.30. The van der Waals surface area contributed by atoms with E-state index in [9.17, 15) is 0 Å². The van der Waals surface area contributed by atoms with Crippen LogP contribution in [0.15, 0.2) is 18.3 Å². The molecule has 0 bridgehead atoms. The van der Waals surface area contributed by atoms with Gasteiger partial charge in [-0.05, 0) is 50.9 Å². The Balaban J connectivity index is 1.31. The Kier molecular flexibility index (Phi) is 3.51. The second kappa shape index (κ2) is 5.87. The molecule has 2 fully saturated rings. The zero-order valence-electron chi connectivity index (χ0n) is 14.4. The van der Waals surface area contributed by atoms with E-state index in [-0.39, 0.29) is 0 Å². The molecule has 0 atom stereocenters. The summed E-state index contributed by atoms with van der Waals surface area (Å²) in [6.07, 6.45) is 6.54. The normalized spacial score (nSPS) is 19.7. The summed E-state index contributed by atoms with van der Waals surface area (Å²) in [7, 11) is 1.94. The van der Waals surface area contributed by atoms with Crippen LogP contribution in [0.2, 0.25) is 0 Å². The largest absolute Gasteiger partial charge is 0.297 e. The van der Waals surface area contributed by atoms with Crippen LogP contribution in [0.1, 0.15) is 54.7 Å². The van der Waals surface area contributed by atoms with Gasteiger partial charge in [0.25, 0.3) is 0 Å². The predicted octanol–water partition coefficient (Wildman–Crippen LogP) is 1.51. The summed E-state index contributed by atoms with van der Waals surface area (Å²) >= 11 is 0. The van der Waals surface area contributed by atoms with Crippen LogP contribution in [0, 0.1) is 0 Å². The van der Waals surface area contributed by atoms with Gasteiger partial charge in [0.2, 0.25) is 0 Å². The van der Waals surface area contributed by atoms with Crippen molar-refractivity contribution < 1.29 is 0 Å². The molecule has 0 amide bonds. The van der Waals surface area contributed by atoms with Crippen LogP contribution < -0.4 is 0 Å². The van der Waals surface area contributed by atoms with Gasteiger partial charge in [-0.15, -0.1) is 15.3 Å². The van der Waals surface area contributed by atoms with Crippen molar-refractivity contribution in [1.82, 2.24) is 39.7 Å². The van der Waals surface area contributed by atoms with Crippen molar-refractivity contribution in [3.05, 3.63) is 35.5 Å². The first-order chi connectivity index (χ1) is 12.3. The number of piperidine rings is 1. The third-order valence-corrected chi connectivity index (χ3v) is 5.45. The second-order valence-electron chi connectivity index (χ2n) is 7.26. The number of aromatic nitrogens is 7. The lowest BCUT2D eigenvalue weighted by molar-refractivity contribution is 0.196. The molecule has 0 N–H and O–H groups in total. The van der Waals surface area contributed by atoms with E-state index in [0.717, 1.165) is 49.6 Å². The highest BCUT2D eigenvalue weighted by molar-refractivity contribution is 5.38. The Morgan fingerprint density at radius 2 is 1.88 bits per heavy atom. The quantitative estimate of drug-likeness (QED) is 0.718. The second-order valence-corrected chi connectivity index (χ2v) is 7.26. The van der Waals surface area contributed by atoms with Gasteiger partial charge in [-0.25, -0.2) is 0 Å². The molecule has 1 aliphatic carbocycles. The van der Waals surface area contributed by atoms with Gasteiger partial charge < -0.3 is 0 Å². The molecule has 130 valence electrons. The van der Waals surface area contributed by atoms with E-state index in [1.54, 1.807) is 0 Å². The molecule has 0 aromatic carbocycles. The molecule has 3 aromatic rings. The molecule has 3 aromatic heterocycles. The first kappa shape index (κ1) is 14.9. The van der Waals surface area contributed by atoms with E-state index in [2.05, 4.69) is 37.5 Å². The van der Waals surface area contributed by atoms with Gasteiger partial charge in [-0.1, -0.05) is 5.21 Å². The summed E-state index contributed by atoms with van der Waals surface area (Å²) in [5.74, 6) is 2.10. The Morgan fingerprint density at radius 1 is 1.04 bits per heavy atom. The maximum atomic E-state index is 4.82. The summed E-state index contributed by atoms with van der Waals surface area (Å²) in [5, 5.41) is 21.6. The van der Waals surface area contributed by atoms with E-state index in [1.807, 2.05) is 22.4 Å². The Bertz CT molecular complexity index is 885. The Morgan fingerprint density at radius 3 is 2.60 bits per heavy atom. The molecule has 8 nitrogen and oxygen atoms in total. The highest BCUT2D eigenvalue weighted by atomic mass is 15.4.